The Bertz CT molecular complexity index is 662. The minimum Gasteiger partial charge on any atom is -0.356 e. The van der Waals surface area contributed by atoms with E-state index in [1.165, 1.54) is 6.07 Å². The van der Waals surface area contributed by atoms with E-state index in [0.717, 1.165) is 36.9 Å². The summed E-state index contributed by atoms with van der Waals surface area (Å²) in [7, 11) is 0. The molecular formula is C13H11ClFNO. The Morgan fingerprint density at radius 2 is 2.00 bits per heavy atom. The second kappa shape index (κ2) is 3.84. The molecule has 0 fully saturated rings. The summed E-state index contributed by atoms with van der Waals surface area (Å²) in [6.45, 7) is 0. The van der Waals surface area contributed by atoms with E-state index in [9.17, 15) is 9.18 Å². The molecule has 1 N–H and O–H groups in total. The van der Waals surface area contributed by atoms with E-state index in [0.29, 0.717) is 5.39 Å². The fraction of sp³-hybridized carbons (Fsp3) is 0.308. The molecule has 1 aliphatic carbocycles. The zero-order valence-corrected chi connectivity index (χ0v) is 9.90. The van der Waals surface area contributed by atoms with Crippen LogP contribution in [-0.2, 0) is 12.8 Å². The number of hydrogen-bond acceptors (Lipinski definition) is 1. The van der Waals surface area contributed by atoms with Crippen molar-refractivity contribution in [3.05, 3.63) is 44.5 Å². The second-order valence-corrected chi connectivity index (χ2v) is 4.81. The molecule has 4 heteroatoms. The Morgan fingerprint density at radius 3 is 2.82 bits per heavy atom. The van der Waals surface area contributed by atoms with Gasteiger partial charge in [-0.05, 0) is 37.8 Å². The summed E-state index contributed by atoms with van der Waals surface area (Å²) < 4.78 is 13.8. The van der Waals surface area contributed by atoms with E-state index in [1.807, 2.05) is 0 Å². The second-order valence-electron chi connectivity index (χ2n) is 4.40. The number of benzene rings is 1. The smallest absolute Gasteiger partial charge is 0.192 e. The van der Waals surface area contributed by atoms with Gasteiger partial charge >= 0.3 is 0 Å². The molecule has 1 aromatic carbocycles. The predicted octanol–water partition coefficient (Wildman–Crippen LogP) is 3.20. The highest BCUT2D eigenvalue weighted by Gasteiger charge is 2.17. The number of pyridine rings is 1. The lowest BCUT2D eigenvalue weighted by Gasteiger charge is -2.16. The minimum atomic E-state index is -0.533. The van der Waals surface area contributed by atoms with Crippen LogP contribution in [-0.4, -0.2) is 4.98 Å². The van der Waals surface area contributed by atoms with Crippen LogP contribution in [0.2, 0.25) is 5.02 Å². The van der Waals surface area contributed by atoms with Crippen molar-refractivity contribution in [3.8, 4) is 0 Å². The van der Waals surface area contributed by atoms with Crippen LogP contribution >= 0.6 is 11.6 Å². The molecule has 0 saturated heterocycles. The third-order valence-electron chi connectivity index (χ3n) is 3.36. The molecule has 0 aliphatic heterocycles. The highest BCUT2D eigenvalue weighted by Crippen LogP contribution is 2.25. The predicted molar refractivity (Wildman–Crippen MR) is 66.2 cm³/mol. The first kappa shape index (κ1) is 10.8. The van der Waals surface area contributed by atoms with Crippen LogP contribution in [0.3, 0.4) is 0 Å². The Kier molecular flexibility index (Phi) is 2.44. The third-order valence-corrected chi connectivity index (χ3v) is 3.65. The van der Waals surface area contributed by atoms with Crippen LogP contribution in [0.15, 0.2) is 16.9 Å². The van der Waals surface area contributed by atoms with Gasteiger partial charge in [-0.25, -0.2) is 4.39 Å². The van der Waals surface area contributed by atoms with Crippen molar-refractivity contribution >= 4 is 22.5 Å². The zero-order chi connectivity index (χ0) is 12.0. The summed E-state index contributed by atoms with van der Waals surface area (Å²) in [5, 5.41) is 0.441. The van der Waals surface area contributed by atoms with Gasteiger partial charge in [0.2, 0.25) is 0 Å². The van der Waals surface area contributed by atoms with Crippen molar-refractivity contribution in [2.24, 2.45) is 0 Å². The minimum absolute atomic E-state index is 0.0453. The summed E-state index contributed by atoms with van der Waals surface area (Å²) in [6, 6.07) is 3.03. The van der Waals surface area contributed by atoms with Crippen molar-refractivity contribution in [2.45, 2.75) is 25.7 Å². The molecule has 0 spiro atoms. The normalized spacial score (nSPS) is 14.9. The van der Waals surface area contributed by atoms with Gasteiger partial charge in [-0.15, -0.1) is 0 Å². The fourth-order valence-electron chi connectivity index (χ4n) is 2.47. The summed E-state index contributed by atoms with van der Waals surface area (Å²) in [5.74, 6) is -0.533. The zero-order valence-electron chi connectivity index (χ0n) is 9.15. The van der Waals surface area contributed by atoms with E-state index in [2.05, 4.69) is 4.98 Å². The highest BCUT2D eigenvalue weighted by atomic mass is 35.5. The summed E-state index contributed by atoms with van der Waals surface area (Å²) in [5.41, 5.74) is 1.87. The molecule has 17 heavy (non-hydrogen) atoms. The number of halogens is 2. The first-order valence-electron chi connectivity index (χ1n) is 5.70. The van der Waals surface area contributed by atoms with Gasteiger partial charge in [0, 0.05) is 16.6 Å². The number of fused-ring (bicyclic) bond motifs is 2. The number of aryl methyl sites for hydroxylation is 1. The molecule has 2 nitrogen and oxygen atoms in total. The van der Waals surface area contributed by atoms with Crippen LogP contribution in [0.1, 0.15) is 24.1 Å². The lowest BCUT2D eigenvalue weighted by molar-refractivity contribution is 0.631. The first-order valence-corrected chi connectivity index (χ1v) is 6.08. The van der Waals surface area contributed by atoms with Crippen molar-refractivity contribution in [2.75, 3.05) is 0 Å². The molecule has 0 bridgehead atoms. The molecule has 1 aromatic heterocycles. The molecule has 0 atom stereocenters. The molecule has 1 heterocycles. The standard InChI is InChI=1S/C13H11ClFNO/c14-9-6-5-8-12(11(9)15)16-10-4-2-1-3-7(10)13(8)17/h5-6H,1-4H2,(H,16,17). The number of hydrogen-bond donors (Lipinski definition) is 1. The number of rotatable bonds is 0. The maximum absolute atomic E-state index is 13.8. The molecule has 1 aliphatic rings. The highest BCUT2D eigenvalue weighted by molar-refractivity contribution is 6.31. The Hall–Kier alpha value is -1.35. The van der Waals surface area contributed by atoms with Gasteiger partial charge < -0.3 is 4.98 Å². The SMILES string of the molecule is O=c1c2c([nH]c3c(F)c(Cl)ccc13)CCCC2. The molecule has 3 rings (SSSR count). The fourth-order valence-corrected chi connectivity index (χ4v) is 2.63. The number of aromatic amines is 1. The maximum atomic E-state index is 13.8. The Morgan fingerprint density at radius 1 is 1.24 bits per heavy atom. The molecule has 0 unspecified atom stereocenters. The molecule has 0 saturated carbocycles. The first-order chi connectivity index (χ1) is 8.18. The van der Waals surface area contributed by atoms with Gasteiger partial charge in [0.25, 0.3) is 0 Å². The molecule has 0 amide bonds. The van der Waals surface area contributed by atoms with E-state index in [4.69, 9.17) is 11.6 Å². The van der Waals surface area contributed by atoms with Gasteiger partial charge in [-0.2, -0.15) is 0 Å². The third kappa shape index (κ3) is 1.57. The topological polar surface area (TPSA) is 32.9 Å². The summed E-state index contributed by atoms with van der Waals surface area (Å²) >= 11 is 5.73. The number of aromatic nitrogens is 1. The lowest BCUT2D eigenvalue weighted by atomic mass is 9.94. The van der Waals surface area contributed by atoms with Crippen molar-refractivity contribution < 1.29 is 4.39 Å². The van der Waals surface area contributed by atoms with E-state index in [-0.39, 0.29) is 16.0 Å². The average Bonchev–Trinajstić information content (AvgIpc) is 2.35. The lowest BCUT2D eigenvalue weighted by Crippen LogP contribution is -2.18. The quantitative estimate of drug-likeness (QED) is 0.766. The van der Waals surface area contributed by atoms with Crippen LogP contribution < -0.4 is 5.43 Å². The molecular weight excluding hydrogens is 241 g/mol. The van der Waals surface area contributed by atoms with Crippen molar-refractivity contribution in [1.82, 2.24) is 4.98 Å². The molecule has 2 aromatic rings. The van der Waals surface area contributed by atoms with Crippen LogP contribution in [0.25, 0.3) is 10.9 Å². The van der Waals surface area contributed by atoms with Crippen LogP contribution in [0, 0.1) is 5.82 Å². The Labute approximate surface area is 102 Å². The number of nitrogens with one attached hydrogen (secondary N) is 1. The van der Waals surface area contributed by atoms with Gasteiger partial charge in [0.15, 0.2) is 11.2 Å². The summed E-state index contributed by atoms with van der Waals surface area (Å²) in [6.07, 6.45) is 3.66. The van der Waals surface area contributed by atoms with E-state index in [1.54, 1.807) is 6.07 Å². The van der Waals surface area contributed by atoms with Gasteiger partial charge in [-0.1, -0.05) is 11.6 Å². The van der Waals surface area contributed by atoms with E-state index >= 15 is 0 Å². The van der Waals surface area contributed by atoms with Gasteiger partial charge in [-0.3, -0.25) is 4.79 Å². The van der Waals surface area contributed by atoms with Crippen molar-refractivity contribution in [3.63, 3.8) is 0 Å². The van der Waals surface area contributed by atoms with Gasteiger partial charge in [0.1, 0.15) is 0 Å². The van der Waals surface area contributed by atoms with E-state index < -0.39 is 5.82 Å². The summed E-state index contributed by atoms with van der Waals surface area (Å²) in [4.78, 5) is 15.2. The Balaban J connectivity index is 2.44. The average molecular weight is 252 g/mol. The maximum Gasteiger partial charge on any atom is 0.192 e. The molecule has 0 radical (unpaired) electrons. The van der Waals surface area contributed by atoms with Crippen LogP contribution in [0.5, 0.6) is 0 Å². The van der Waals surface area contributed by atoms with Crippen LogP contribution in [0.4, 0.5) is 4.39 Å². The van der Waals surface area contributed by atoms with Crippen molar-refractivity contribution in [1.29, 1.82) is 0 Å². The number of H-pyrrole nitrogens is 1. The molecule has 88 valence electrons. The monoisotopic (exact) mass is 251 g/mol. The van der Waals surface area contributed by atoms with Gasteiger partial charge in [0.05, 0.1) is 10.5 Å². The largest absolute Gasteiger partial charge is 0.356 e.